The van der Waals surface area contributed by atoms with Crippen molar-refractivity contribution >= 4 is 0 Å². The number of nitrogens with two attached hydrogens (primary N) is 1. The molecule has 0 radical (unpaired) electrons. The molecule has 0 saturated carbocycles. The van der Waals surface area contributed by atoms with Gasteiger partial charge in [0, 0.05) is 24.7 Å². The van der Waals surface area contributed by atoms with Gasteiger partial charge in [-0.15, -0.1) is 0 Å². The minimum atomic E-state index is 0.0376. The Bertz CT molecular complexity index is 599. The Labute approximate surface area is 126 Å². The Hall–Kier alpha value is -1.84. The SMILES string of the molecule is COc1ccccc1C(C(C)N)N1Cc2ccccc2C1. The van der Waals surface area contributed by atoms with Crippen LogP contribution >= 0.6 is 0 Å². The average molecular weight is 282 g/mol. The Balaban J connectivity index is 1.94. The Morgan fingerprint density at radius 3 is 2.14 bits per heavy atom. The Kier molecular flexibility index (Phi) is 3.95. The number of hydrogen-bond acceptors (Lipinski definition) is 3. The van der Waals surface area contributed by atoms with Gasteiger partial charge >= 0.3 is 0 Å². The summed E-state index contributed by atoms with van der Waals surface area (Å²) in [7, 11) is 1.72. The van der Waals surface area contributed by atoms with Crippen LogP contribution in [0.5, 0.6) is 5.75 Å². The molecule has 0 saturated heterocycles. The van der Waals surface area contributed by atoms with Crippen molar-refractivity contribution < 1.29 is 4.74 Å². The smallest absolute Gasteiger partial charge is 0.123 e. The van der Waals surface area contributed by atoms with Crippen molar-refractivity contribution in [2.45, 2.75) is 32.1 Å². The summed E-state index contributed by atoms with van der Waals surface area (Å²) >= 11 is 0. The quantitative estimate of drug-likeness (QED) is 0.936. The topological polar surface area (TPSA) is 38.5 Å². The minimum absolute atomic E-state index is 0.0376. The van der Waals surface area contributed by atoms with Crippen molar-refractivity contribution in [3.63, 3.8) is 0 Å². The van der Waals surface area contributed by atoms with E-state index in [0.29, 0.717) is 0 Å². The number of methoxy groups -OCH3 is 1. The predicted octanol–water partition coefficient (Wildman–Crippen LogP) is 3.10. The van der Waals surface area contributed by atoms with Crippen LogP contribution in [-0.2, 0) is 13.1 Å². The van der Waals surface area contributed by atoms with E-state index >= 15 is 0 Å². The van der Waals surface area contributed by atoms with Gasteiger partial charge in [0.2, 0.25) is 0 Å². The van der Waals surface area contributed by atoms with Gasteiger partial charge in [-0.3, -0.25) is 4.90 Å². The molecule has 0 fully saturated rings. The summed E-state index contributed by atoms with van der Waals surface area (Å²) in [4.78, 5) is 2.44. The number of fused-ring (bicyclic) bond motifs is 1. The molecule has 0 bridgehead atoms. The second kappa shape index (κ2) is 5.88. The van der Waals surface area contributed by atoms with E-state index in [1.165, 1.54) is 16.7 Å². The lowest BCUT2D eigenvalue weighted by atomic mass is 9.98. The van der Waals surface area contributed by atoms with Gasteiger partial charge in [0.15, 0.2) is 0 Å². The number of benzene rings is 2. The van der Waals surface area contributed by atoms with Crippen LogP contribution in [0.1, 0.15) is 29.7 Å². The molecule has 1 aliphatic rings. The van der Waals surface area contributed by atoms with Gasteiger partial charge in [-0.05, 0) is 24.1 Å². The number of hydrogen-bond donors (Lipinski definition) is 1. The highest BCUT2D eigenvalue weighted by atomic mass is 16.5. The summed E-state index contributed by atoms with van der Waals surface area (Å²) < 4.78 is 5.53. The fourth-order valence-corrected chi connectivity index (χ4v) is 3.28. The predicted molar refractivity (Wildman–Crippen MR) is 85.1 cm³/mol. The molecule has 0 amide bonds. The van der Waals surface area contributed by atoms with Gasteiger partial charge in [0.1, 0.15) is 5.75 Å². The highest BCUT2D eigenvalue weighted by molar-refractivity contribution is 5.38. The van der Waals surface area contributed by atoms with Crippen LogP contribution in [0.25, 0.3) is 0 Å². The molecule has 1 heterocycles. The Morgan fingerprint density at radius 1 is 1.00 bits per heavy atom. The summed E-state index contributed by atoms with van der Waals surface area (Å²) in [5, 5.41) is 0. The maximum Gasteiger partial charge on any atom is 0.123 e. The molecule has 3 rings (SSSR count). The highest BCUT2D eigenvalue weighted by Gasteiger charge is 2.30. The van der Waals surface area contributed by atoms with Crippen LogP contribution < -0.4 is 10.5 Å². The van der Waals surface area contributed by atoms with Crippen LogP contribution in [-0.4, -0.2) is 18.1 Å². The third-order valence-electron chi connectivity index (χ3n) is 4.21. The van der Waals surface area contributed by atoms with E-state index in [9.17, 15) is 0 Å². The van der Waals surface area contributed by atoms with Gasteiger partial charge in [-0.1, -0.05) is 42.5 Å². The second-order valence-corrected chi connectivity index (χ2v) is 5.72. The molecule has 3 nitrogen and oxygen atoms in total. The van der Waals surface area contributed by atoms with E-state index in [-0.39, 0.29) is 12.1 Å². The van der Waals surface area contributed by atoms with Gasteiger partial charge in [0.05, 0.1) is 13.2 Å². The molecule has 21 heavy (non-hydrogen) atoms. The summed E-state index contributed by atoms with van der Waals surface area (Å²) in [6, 6.07) is 17.0. The zero-order valence-corrected chi connectivity index (χ0v) is 12.6. The molecule has 2 aromatic rings. The summed E-state index contributed by atoms with van der Waals surface area (Å²) in [5.41, 5.74) is 10.3. The zero-order valence-electron chi connectivity index (χ0n) is 12.6. The first-order valence-corrected chi connectivity index (χ1v) is 7.40. The molecule has 2 aromatic carbocycles. The molecule has 0 aromatic heterocycles. The first-order valence-electron chi connectivity index (χ1n) is 7.40. The first kappa shape index (κ1) is 14.1. The van der Waals surface area contributed by atoms with Crippen molar-refractivity contribution in [1.29, 1.82) is 0 Å². The molecular formula is C18H22N2O. The minimum Gasteiger partial charge on any atom is -0.496 e. The standard InChI is InChI=1S/C18H22N2O/c1-13(19)18(16-9-5-6-10-17(16)21-2)20-11-14-7-3-4-8-15(14)12-20/h3-10,13,18H,11-12,19H2,1-2H3. The van der Waals surface area contributed by atoms with Gasteiger partial charge in [-0.25, -0.2) is 0 Å². The summed E-state index contributed by atoms with van der Waals surface area (Å²) in [6.45, 7) is 3.96. The average Bonchev–Trinajstić information content (AvgIpc) is 2.90. The van der Waals surface area contributed by atoms with Crippen molar-refractivity contribution in [1.82, 2.24) is 4.90 Å². The van der Waals surface area contributed by atoms with E-state index in [4.69, 9.17) is 10.5 Å². The maximum absolute atomic E-state index is 6.31. The van der Waals surface area contributed by atoms with Gasteiger partial charge in [0.25, 0.3) is 0 Å². The number of ether oxygens (including phenoxy) is 1. The van der Waals surface area contributed by atoms with Crippen LogP contribution in [0.3, 0.4) is 0 Å². The van der Waals surface area contributed by atoms with Crippen molar-refractivity contribution in [2.24, 2.45) is 5.73 Å². The van der Waals surface area contributed by atoms with Crippen LogP contribution in [0, 0.1) is 0 Å². The highest BCUT2D eigenvalue weighted by Crippen LogP contribution is 2.36. The van der Waals surface area contributed by atoms with E-state index in [0.717, 1.165) is 18.8 Å². The fourth-order valence-electron chi connectivity index (χ4n) is 3.28. The molecular weight excluding hydrogens is 260 g/mol. The molecule has 2 atom stereocenters. The van der Waals surface area contributed by atoms with E-state index in [1.807, 2.05) is 12.1 Å². The molecule has 0 spiro atoms. The Morgan fingerprint density at radius 2 is 1.57 bits per heavy atom. The third kappa shape index (κ3) is 2.67. The van der Waals surface area contributed by atoms with Gasteiger partial charge < -0.3 is 10.5 Å². The molecule has 2 N–H and O–H groups in total. The molecule has 3 heteroatoms. The zero-order chi connectivity index (χ0) is 14.8. The van der Waals surface area contributed by atoms with Crippen LogP contribution in [0.2, 0.25) is 0 Å². The van der Waals surface area contributed by atoms with Crippen molar-refractivity contribution in [3.8, 4) is 5.75 Å². The lowest BCUT2D eigenvalue weighted by Crippen LogP contribution is -2.36. The molecule has 0 aliphatic carbocycles. The largest absolute Gasteiger partial charge is 0.496 e. The maximum atomic E-state index is 6.31. The molecule has 1 aliphatic heterocycles. The van der Waals surface area contributed by atoms with Crippen molar-refractivity contribution in [3.05, 3.63) is 65.2 Å². The number of rotatable bonds is 4. The summed E-state index contributed by atoms with van der Waals surface area (Å²) in [5.74, 6) is 0.913. The van der Waals surface area contributed by atoms with Crippen LogP contribution in [0.4, 0.5) is 0 Å². The molecule has 2 unspecified atom stereocenters. The lowest BCUT2D eigenvalue weighted by Gasteiger charge is -2.32. The van der Waals surface area contributed by atoms with E-state index in [2.05, 4.69) is 48.2 Å². The van der Waals surface area contributed by atoms with E-state index in [1.54, 1.807) is 7.11 Å². The fraction of sp³-hybridized carbons (Fsp3) is 0.333. The third-order valence-corrected chi connectivity index (χ3v) is 4.21. The monoisotopic (exact) mass is 282 g/mol. The first-order chi connectivity index (χ1) is 10.2. The number of para-hydroxylation sites is 1. The lowest BCUT2D eigenvalue weighted by molar-refractivity contribution is 0.174. The second-order valence-electron chi connectivity index (χ2n) is 5.72. The van der Waals surface area contributed by atoms with Crippen LogP contribution in [0.15, 0.2) is 48.5 Å². The van der Waals surface area contributed by atoms with Crippen molar-refractivity contribution in [2.75, 3.05) is 7.11 Å². The summed E-state index contributed by atoms with van der Waals surface area (Å²) in [6.07, 6.45) is 0. The number of nitrogens with zero attached hydrogens (tertiary/aromatic N) is 1. The van der Waals surface area contributed by atoms with E-state index < -0.39 is 0 Å². The molecule has 110 valence electrons. The normalized spacial score (nSPS) is 17.3. The van der Waals surface area contributed by atoms with Gasteiger partial charge in [-0.2, -0.15) is 0 Å².